The molecule has 1 aromatic heterocycles. The lowest BCUT2D eigenvalue weighted by molar-refractivity contribution is 0.0985. The lowest BCUT2D eigenvalue weighted by Crippen LogP contribution is -2.36. The summed E-state index contributed by atoms with van der Waals surface area (Å²) in [4.78, 5) is 21.0. The van der Waals surface area contributed by atoms with Gasteiger partial charge in [-0.25, -0.2) is 17.8 Å². The molecule has 3 aromatic rings. The monoisotopic (exact) mass is 421 g/mol. The van der Waals surface area contributed by atoms with Crippen LogP contribution < -0.4 is 4.90 Å². The number of nitrogens with zero attached hydrogens (tertiary/aromatic N) is 3. The van der Waals surface area contributed by atoms with E-state index in [0.717, 1.165) is 6.26 Å². The average Bonchev–Trinajstić information content (AvgIpc) is 3.06. The Kier molecular flexibility index (Phi) is 5.78. The fraction of sp³-hybridized carbons (Fsp3) is 0.263. The molecule has 0 aliphatic carbocycles. The Morgan fingerprint density at radius 1 is 1.11 bits per heavy atom. The van der Waals surface area contributed by atoms with Gasteiger partial charge in [0.1, 0.15) is 11.3 Å². The third-order valence-corrected chi connectivity index (χ3v) is 6.31. The van der Waals surface area contributed by atoms with Crippen molar-refractivity contribution in [3.05, 3.63) is 53.8 Å². The molecule has 6 nitrogen and oxygen atoms in total. The van der Waals surface area contributed by atoms with E-state index < -0.39 is 15.7 Å². The number of hydrogen-bond donors (Lipinski definition) is 0. The molecule has 0 saturated heterocycles. The van der Waals surface area contributed by atoms with Crippen molar-refractivity contribution >= 4 is 42.4 Å². The number of aromatic nitrogens is 1. The van der Waals surface area contributed by atoms with Crippen molar-refractivity contribution in [2.45, 2.75) is 4.90 Å². The summed E-state index contributed by atoms with van der Waals surface area (Å²) in [6, 6.07) is 10.5. The molecule has 0 fully saturated rings. The summed E-state index contributed by atoms with van der Waals surface area (Å²) in [7, 11) is 0.436. The van der Waals surface area contributed by atoms with Crippen LogP contribution in [0.5, 0.6) is 0 Å². The molecule has 0 radical (unpaired) electrons. The van der Waals surface area contributed by atoms with E-state index >= 15 is 0 Å². The molecular formula is C19H20FN3O3S2. The molecule has 148 valence electrons. The maximum Gasteiger partial charge on any atom is 0.260 e. The number of anilines is 1. The highest BCUT2D eigenvalue weighted by Gasteiger charge is 2.22. The zero-order chi connectivity index (χ0) is 20.5. The van der Waals surface area contributed by atoms with Crippen molar-refractivity contribution in [1.82, 2.24) is 9.88 Å². The number of thiazole rings is 1. The van der Waals surface area contributed by atoms with E-state index in [4.69, 9.17) is 0 Å². The van der Waals surface area contributed by atoms with Crippen LogP contribution in [-0.4, -0.2) is 57.6 Å². The number of halogens is 1. The minimum absolute atomic E-state index is 0.144. The molecular weight excluding hydrogens is 401 g/mol. The van der Waals surface area contributed by atoms with Crippen molar-refractivity contribution in [3.63, 3.8) is 0 Å². The van der Waals surface area contributed by atoms with Crippen LogP contribution in [0.2, 0.25) is 0 Å². The highest BCUT2D eigenvalue weighted by molar-refractivity contribution is 7.90. The Balaban J connectivity index is 1.98. The average molecular weight is 422 g/mol. The number of benzene rings is 2. The molecule has 2 aromatic carbocycles. The second-order valence-electron chi connectivity index (χ2n) is 6.64. The van der Waals surface area contributed by atoms with Crippen LogP contribution in [0, 0.1) is 5.82 Å². The molecule has 0 unspecified atom stereocenters. The largest absolute Gasteiger partial charge is 0.308 e. The molecule has 0 N–H and O–H groups in total. The second kappa shape index (κ2) is 7.94. The molecule has 9 heteroatoms. The number of rotatable bonds is 6. The smallest absolute Gasteiger partial charge is 0.260 e. The molecule has 0 bridgehead atoms. The predicted octanol–water partition coefficient (Wildman–Crippen LogP) is 3.05. The number of para-hydroxylation sites is 1. The third kappa shape index (κ3) is 4.37. The molecule has 0 spiro atoms. The van der Waals surface area contributed by atoms with Crippen LogP contribution in [0.15, 0.2) is 47.4 Å². The SMILES string of the molecule is CN(C)CCN(C(=O)c1ccc(S(C)(=O)=O)cc1)c1nc2c(F)cccc2s1. The van der Waals surface area contributed by atoms with Crippen LogP contribution in [0.3, 0.4) is 0 Å². The van der Waals surface area contributed by atoms with Crippen LogP contribution >= 0.6 is 11.3 Å². The molecule has 28 heavy (non-hydrogen) atoms. The standard InChI is InChI=1S/C19H20FN3O3S2/c1-22(2)11-12-23(19-21-17-15(20)5-4-6-16(17)27-19)18(24)13-7-9-14(10-8-13)28(3,25)26/h4-10H,11-12H2,1-3H3. The lowest BCUT2D eigenvalue weighted by atomic mass is 10.2. The second-order valence-corrected chi connectivity index (χ2v) is 9.66. The Morgan fingerprint density at radius 3 is 2.36 bits per heavy atom. The number of carbonyl (C=O) groups is 1. The van der Waals surface area contributed by atoms with Crippen molar-refractivity contribution in [1.29, 1.82) is 0 Å². The molecule has 3 rings (SSSR count). The van der Waals surface area contributed by atoms with E-state index in [2.05, 4.69) is 4.98 Å². The maximum atomic E-state index is 14.0. The summed E-state index contributed by atoms with van der Waals surface area (Å²) in [5, 5.41) is 0.402. The summed E-state index contributed by atoms with van der Waals surface area (Å²) < 4.78 is 38.0. The zero-order valence-corrected chi connectivity index (χ0v) is 17.3. The first-order valence-corrected chi connectivity index (χ1v) is 11.2. The van der Waals surface area contributed by atoms with Crippen LogP contribution in [0.1, 0.15) is 10.4 Å². The van der Waals surface area contributed by atoms with Crippen molar-refractivity contribution in [3.8, 4) is 0 Å². The third-order valence-electron chi connectivity index (χ3n) is 4.13. The topological polar surface area (TPSA) is 70.6 Å². The van der Waals surface area contributed by atoms with Crippen molar-refractivity contribution < 1.29 is 17.6 Å². The van der Waals surface area contributed by atoms with Gasteiger partial charge in [-0.05, 0) is 50.5 Å². The van der Waals surface area contributed by atoms with Gasteiger partial charge in [-0.3, -0.25) is 9.69 Å². The number of fused-ring (bicyclic) bond motifs is 1. The Bertz CT molecular complexity index is 1110. The van der Waals surface area contributed by atoms with Crippen molar-refractivity contribution in [2.24, 2.45) is 0 Å². The maximum absolute atomic E-state index is 14.0. The van der Waals surface area contributed by atoms with Gasteiger partial charge in [-0.1, -0.05) is 17.4 Å². The molecule has 0 aliphatic rings. The van der Waals surface area contributed by atoms with E-state index in [1.165, 1.54) is 46.6 Å². The van der Waals surface area contributed by atoms with Gasteiger partial charge in [0.2, 0.25) is 0 Å². The summed E-state index contributed by atoms with van der Waals surface area (Å²) in [6.07, 6.45) is 1.11. The first-order valence-electron chi connectivity index (χ1n) is 8.48. The van der Waals surface area contributed by atoms with Gasteiger partial charge < -0.3 is 4.90 Å². The summed E-state index contributed by atoms with van der Waals surface area (Å²) in [6.45, 7) is 0.951. The highest BCUT2D eigenvalue weighted by atomic mass is 32.2. The fourth-order valence-corrected chi connectivity index (χ4v) is 4.24. The van der Waals surface area contributed by atoms with Crippen LogP contribution in [0.25, 0.3) is 10.2 Å². The van der Waals surface area contributed by atoms with Gasteiger partial charge >= 0.3 is 0 Å². The van der Waals surface area contributed by atoms with Gasteiger partial charge in [-0.15, -0.1) is 0 Å². The number of amides is 1. The molecule has 0 atom stereocenters. The minimum Gasteiger partial charge on any atom is -0.308 e. The molecule has 1 heterocycles. The van der Waals surface area contributed by atoms with E-state index in [1.54, 1.807) is 12.1 Å². The Morgan fingerprint density at radius 2 is 1.79 bits per heavy atom. The van der Waals surface area contributed by atoms with E-state index in [9.17, 15) is 17.6 Å². The minimum atomic E-state index is -3.34. The Labute approximate surface area is 167 Å². The quantitative estimate of drug-likeness (QED) is 0.612. The zero-order valence-electron chi connectivity index (χ0n) is 15.7. The highest BCUT2D eigenvalue weighted by Crippen LogP contribution is 2.31. The van der Waals surface area contributed by atoms with Gasteiger partial charge in [0.25, 0.3) is 5.91 Å². The normalized spacial score (nSPS) is 11.9. The predicted molar refractivity (Wildman–Crippen MR) is 109 cm³/mol. The fourth-order valence-electron chi connectivity index (χ4n) is 2.60. The van der Waals surface area contributed by atoms with Gasteiger partial charge in [0.05, 0.1) is 9.60 Å². The number of carbonyl (C=O) groups excluding carboxylic acids is 1. The molecule has 0 saturated carbocycles. The van der Waals surface area contributed by atoms with E-state index in [0.29, 0.717) is 28.5 Å². The summed E-state index contributed by atoms with van der Waals surface area (Å²) in [5.41, 5.74) is 0.573. The number of sulfone groups is 1. The van der Waals surface area contributed by atoms with Crippen LogP contribution in [0.4, 0.5) is 9.52 Å². The van der Waals surface area contributed by atoms with Gasteiger partial charge in [0.15, 0.2) is 15.0 Å². The Hall–Kier alpha value is -2.36. The van der Waals surface area contributed by atoms with Gasteiger partial charge in [-0.2, -0.15) is 0 Å². The van der Waals surface area contributed by atoms with Crippen LogP contribution in [-0.2, 0) is 9.84 Å². The summed E-state index contributed by atoms with van der Waals surface area (Å²) >= 11 is 1.24. The molecule has 1 amide bonds. The van der Waals surface area contributed by atoms with E-state index in [1.807, 2.05) is 19.0 Å². The van der Waals surface area contributed by atoms with Gasteiger partial charge in [0, 0.05) is 24.9 Å². The lowest BCUT2D eigenvalue weighted by Gasteiger charge is -2.22. The molecule has 0 aliphatic heterocycles. The number of hydrogen-bond acceptors (Lipinski definition) is 6. The first-order chi connectivity index (χ1) is 13.2. The summed E-state index contributed by atoms with van der Waals surface area (Å²) in [5.74, 6) is -0.751. The van der Waals surface area contributed by atoms with E-state index in [-0.39, 0.29) is 16.3 Å². The van der Waals surface area contributed by atoms with Crippen molar-refractivity contribution in [2.75, 3.05) is 38.3 Å². The first kappa shape index (κ1) is 20.4. The number of likely N-dealkylation sites (N-methyl/N-ethyl adjacent to an activating group) is 1.